The minimum atomic E-state index is 0.219. The molecule has 0 radical (unpaired) electrons. The van der Waals surface area contributed by atoms with Gasteiger partial charge in [-0.15, -0.1) is 0 Å². The Morgan fingerprint density at radius 2 is 1.37 bits per heavy atom. The molecule has 2 aromatic carbocycles. The molecule has 0 saturated heterocycles. The molecule has 2 nitrogen and oxygen atoms in total. The van der Waals surface area contributed by atoms with Crippen LogP contribution in [-0.2, 0) is 4.79 Å². The van der Waals surface area contributed by atoms with E-state index in [0.29, 0.717) is 30.5 Å². The van der Waals surface area contributed by atoms with E-state index in [1.54, 1.807) is 0 Å². The first-order chi connectivity index (χ1) is 13.1. The predicted molar refractivity (Wildman–Crippen MR) is 111 cm³/mol. The lowest BCUT2D eigenvalue weighted by Gasteiger charge is -2.28. The van der Waals surface area contributed by atoms with Gasteiger partial charge in [0.05, 0.1) is 0 Å². The van der Waals surface area contributed by atoms with Gasteiger partial charge in [0.1, 0.15) is 5.78 Å². The molecule has 1 saturated carbocycles. The van der Waals surface area contributed by atoms with E-state index in [9.17, 15) is 9.59 Å². The number of carbonyl (C=O) groups excluding carboxylic acids is 2. The van der Waals surface area contributed by atoms with E-state index in [1.807, 2.05) is 38.1 Å². The molecule has 0 amide bonds. The van der Waals surface area contributed by atoms with E-state index in [2.05, 4.69) is 24.3 Å². The zero-order valence-electron chi connectivity index (χ0n) is 16.5. The summed E-state index contributed by atoms with van der Waals surface area (Å²) < 4.78 is 0. The van der Waals surface area contributed by atoms with E-state index >= 15 is 0 Å². The maximum Gasteiger partial charge on any atom is 0.162 e. The van der Waals surface area contributed by atoms with Crippen molar-refractivity contribution in [2.75, 3.05) is 0 Å². The van der Waals surface area contributed by atoms with Gasteiger partial charge in [-0.25, -0.2) is 0 Å². The van der Waals surface area contributed by atoms with E-state index in [0.717, 1.165) is 43.2 Å². The molecule has 2 aromatic rings. The first-order valence-electron chi connectivity index (χ1n) is 10.4. The number of hydrogen-bond acceptors (Lipinski definition) is 2. The van der Waals surface area contributed by atoms with Crippen molar-refractivity contribution in [3.8, 4) is 11.1 Å². The Morgan fingerprint density at radius 1 is 0.815 bits per heavy atom. The van der Waals surface area contributed by atoms with Gasteiger partial charge in [0, 0.05) is 24.3 Å². The maximum absolute atomic E-state index is 12.0. The second kappa shape index (κ2) is 9.12. The van der Waals surface area contributed by atoms with Crippen molar-refractivity contribution in [1.29, 1.82) is 0 Å². The monoisotopic (exact) mass is 362 g/mol. The topological polar surface area (TPSA) is 34.1 Å². The van der Waals surface area contributed by atoms with Crippen LogP contribution in [0.4, 0.5) is 0 Å². The van der Waals surface area contributed by atoms with E-state index in [-0.39, 0.29) is 5.78 Å². The molecule has 3 rings (SSSR count). The summed E-state index contributed by atoms with van der Waals surface area (Å²) in [6.45, 7) is 4.00. The second-order valence-electron chi connectivity index (χ2n) is 7.74. The van der Waals surface area contributed by atoms with Gasteiger partial charge in [-0.2, -0.15) is 0 Å². The highest BCUT2D eigenvalue weighted by atomic mass is 16.1. The normalized spacial score (nSPS) is 19.6. The van der Waals surface area contributed by atoms with Crippen LogP contribution in [0.3, 0.4) is 0 Å². The zero-order chi connectivity index (χ0) is 19.2. The molecule has 27 heavy (non-hydrogen) atoms. The Labute approximate surface area is 163 Å². The summed E-state index contributed by atoms with van der Waals surface area (Å²) >= 11 is 0. The maximum atomic E-state index is 12.0. The largest absolute Gasteiger partial charge is 0.299 e. The molecule has 1 aliphatic rings. The number of hydrogen-bond donors (Lipinski definition) is 0. The number of rotatable bonds is 7. The molecule has 142 valence electrons. The second-order valence-corrected chi connectivity index (χ2v) is 7.74. The minimum Gasteiger partial charge on any atom is -0.299 e. The molecule has 1 aliphatic carbocycles. The zero-order valence-corrected chi connectivity index (χ0v) is 16.5. The van der Waals surface area contributed by atoms with Crippen molar-refractivity contribution in [2.24, 2.45) is 5.92 Å². The highest BCUT2D eigenvalue weighted by Crippen LogP contribution is 2.37. The quantitative estimate of drug-likeness (QED) is 0.521. The molecule has 2 heteroatoms. The van der Waals surface area contributed by atoms with Gasteiger partial charge in [0.2, 0.25) is 0 Å². The third kappa shape index (κ3) is 4.74. The van der Waals surface area contributed by atoms with Crippen molar-refractivity contribution in [3.63, 3.8) is 0 Å². The molecule has 0 heterocycles. The Kier molecular flexibility index (Phi) is 6.60. The number of benzene rings is 2. The Balaban J connectivity index is 1.64. The standard InChI is InChI=1S/C25H30O2/c1-3-5-25(27)23-16-12-21(13-17-23)19-8-6-18(7-9-19)20-10-14-22(15-11-20)24(26)4-2/h6-9,12-13,16-17,20,22H,3-5,10-11,14-15H2,1-2H3. The number of ketones is 2. The van der Waals surface area contributed by atoms with Gasteiger partial charge < -0.3 is 0 Å². The lowest BCUT2D eigenvalue weighted by molar-refractivity contribution is -0.123. The molecule has 0 aliphatic heterocycles. The van der Waals surface area contributed by atoms with Gasteiger partial charge in [-0.05, 0) is 54.7 Å². The minimum absolute atomic E-state index is 0.219. The smallest absolute Gasteiger partial charge is 0.162 e. The van der Waals surface area contributed by atoms with Crippen LogP contribution < -0.4 is 0 Å². The summed E-state index contributed by atoms with van der Waals surface area (Å²) in [7, 11) is 0. The van der Waals surface area contributed by atoms with Crippen LogP contribution in [0.15, 0.2) is 48.5 Å². The highest BCUT2D eigenvalue weighted by molar-refractivity contribution is 5.96. The van der Waals surface area contributed by atoms with E-state index in [1.165, 1.54) is 11.1 Å². The van der Waals surface area contributed by atoms with Gasteiger partial charge in [0.15, 0.2) is 5.78 Å². The van der Waals surface area contributed by atoms with Crippen LogP contribution in [0.25, 0.3) is 11.1 Å². The van der Waals surface area contributed by atoms with Gasteiger partial charge >= 0.3 is 0 Å². The van der Waals surface area contributed by atoms with Crippen molar-refractivity contribution in [1.82, 2.24) is 0 Å². The molecule has 0 spiro atoms. The van der Waals surface area contributed by atoms with Crippen LogP contribution >= 0.6 is 0 Å². The molecule has 0 aromatic heterocycles. The van der Waals surface area contributed by atoms with Crippen LogP contribution in [0.1, 0.15) is 80.6 Å². The van der Waals surface area contributed by atoms with Gasteiger partial charge in [-0.1, -0.05) is 62.4 Å². The first-order valence-corrected chi connectivity index (χ1v) is 10.4. The Morgan fingerprint density at radius 3 is 1.89 bits per heavy atom. The fourth-order valence-corrected chi connectivity index (χ4v) is 4.21. The van der Waals surface area contributed by atoms with E-state index < -0.39 is 0 Å². The molecule has 1 fully saturated rings. The molecule has 0 unspecified atom stereocenters. The number of Topliss-reactive ketones (excluding diaryl/α,β-unsaturated/α-hetero) is 2. The van der Waals surface area contributed by atoms with Crippen LogP contribution in [-0.4, -0.2) is 11.6 Å². The lowest BCUT2D eigenvalue weighted by atomic mass is 9.76. The first kappa shape index (κ1) is 19.5. The predicted octanol–water partition coefficient (Wildman–Crippen LogP) is 6.59. The SMILES string of the molecule is CCCC(=O)c1ccc(-c2ccc(C3CCC(C(=O)CC)CC3)cc2)cc1. The molecular formula is C25H30O2. The Hall–Kier alpha value is -2.22. The highest BCUT2D eigenvalue weighted by Gasteiger charge is 2.25. The number of carbonyl (C=O) groups is 2. The van der Waals surface area contributed by atoms with E-state index in [4.69, 9.17) is 0 Å². The third-order valence-electron chi connectivity index (χ3n) is 5.93. The summed E-state index contributed by atoms with van der Waals surface area (Å²) in [6.07, 6.45) is 6.47. The summed E-state index contributed by atoms with van der Waals surface area (Å²) in [4.78, 5) is 23.9. The van der Waals surface area contributed by atoms with Crippen molar-refractivity contribution >= 4 is 11.6 Å². The molecule has 0 atom stereocenters. The van der Waals surface area contributed by atoms with Crippen LogP contribution in [0.2, 0.25) is 0 Å². The van der Waals surface area contributed by atoms with Crippen molar-refractivity contribution in [3.05, 3.63) is 59.7 Å². The molecule has 0 bridgehead atoms. The van der Waals surface area contributed by atoms with Gasteiger partial charge in [0.25, 0.3) is 0 Å². The summed E-state index contributed by atoms with van der Waals surface area (Å²) in [6, 6.07) is 16.8. The fraction of sp³-hybridized carbons (Fsp3) is 0.440. The lowest BCUT2D eigenvalue weighted by Crippen LogP contribution is -2.20. The molecular weight excluding hydrogens is 332 g/mol. The fourth-order valence-electron chi connectivity index (χ4n) is 4.21. The Bertz CT molecular complexity index is 763. The average molecular weight is 363 g/mol. The van der Waals surface area contributed by atoms with Crippen molar-refractivity contribution in [2.45, 2.75) is 64.7 Å². The summed E-state index contributed by atoms with van der Waals surface area (Å²) in [5.41, 5.74) is 4.52. The summed E-state index contributed by atoms with van der Waals surface area (Å²) in [5, 5.41) is 0. The van der Waals surface area contributed by atoms with Crippen molar-refractivity contribution < 1.29 is 9.59 Å². The van der Waals surface area contributed by atoms with Gasteiger partial charge in [-0.3, -0.25) is 9.59 Å². The van der Waals surface area contributed by atoms with Crippen LogP contribution in [0.5, 0.6) is 0 Å². The average Bonchev–Trinajstić information content (AvgIpc) is 2.74. The molecule has 0 N–H and O–H groups in total. The third-order valence-corrected chi connectivity index (χ3v) is 5.93. The summed E-state index contributed by atoms with van der Waals surface area (Å²) in [5.74, 6) is 1.52. The van der Waals surface area contributed by atoms with Crippen LogP contribution in [0, 0.1) is 5.92 Å².